The number of phenols is 1. The van der Waals surface area contributed by atoms with E-state index in [1.807, 2.05) is 19.9 Å². The van der Waals surface area contributed by atoms with Gasteiger partial charge in [0.2, 0.25) is 0 Å². The van der Waals surface area contributed by atoms with Crippen molar-refractivity contribution in [3.05, 3.63) is 60.2 Å². The maximum atomic E-state index is 13.0. The molecule has 16 nitrogen and oxygen atoms in total. The molecular weight excluding hydrogens is 700 g/mol. The summed E-state index contributed by atoms with van der Waals surface area (Å²) in [5.74, 6) is -0.826. The van der Waals surface area contributed by atoms with E-state index in [9.17, 15) is 45.6 Å². The first kappa shape index (κ1) is 42.9. The number of aromatic hydroxyl groups is 1. The summed E-state index contributed by atoms with van der Waals surface area (Å²) in [5.41, 5.74) is 0.701. The predicted molar refractivity (Wildman–Crippen MR) is 186 cm³/mol. The minimum Gasteiger partial charge on any atom is -0.508 e. The van der Waals surface area contributed by atoms with Crippen molar-refractivity contribution in [1.29, 1.82) is 0 Å². The lowest BCUT2D eigenvalue weighted by Crippen LogP contribution is -2.64. The fourth-order valence-corrected chi connectivity index (χ4v) is 6.11. The number of aliphatic hydroxyl groups excluding tert-OH is 7. The molecule has 0 radical (unpaired) electrons. The number of benzene rings is 1. The summed E-state index contributed by atoms with van der Waals surface area (Å²) in [6.07, 6.45) is -15.1. The third-order valence-electron chi connectivity index (χ3n) is 9.51. The van der Waals surface area contributed by atoms with Gasteiger partial charge >= 0.3 is 5.97 Å². The topological polar surface area (TPSA) is 244 Å². The van der Waals surface area contributed by atoms with Gasteiger partial charge < -0.3 is 74.0 Å². The molecule has 0 unspecified atom stereocenters. The summed E-state index contributed by atoms with van der Waals surface area (Å²) in [6, 6.07) is 6.00. The van der Waals surface area contributed by atoms with Crippen LogP contribution in [0.4, 0.5) is 0 Å². The molecular formula is C37H54O16. The Morgan fingerprint density at radius 3 is 2.08 bits per heavy atom. The van der Waals surface area contributed by atoms with Gasteiger partial charge in [-0.2, -0.15) is 0 Å². The third kappa shape index (κ3) is 10.9. The molecule has 0 saturated carbocycles. The van der Waals surface area contributed by atoms with E-state index < -0.39 is 110 Å². The molecule has 16 heteroatoms. The van der Waals surface area contributed by atoms with Crippen LogP contribution in [0.15, 0.2) is 54.6 Å². The smallest absolute Gasteiger partial charge is 0.331 e. The zero-order valence-electron chi connectivity index (χ0n) is 30.5. The lowest BCUT2D eigenvalue weighted by molar-refractivity contribution is -0.362. The molecule has 4 rings (SSSR count). The average Bonchev–Trinajstić information content (AvgIpc) is 3.12. The van der Waals surface area contributed by atoms with Crippen LogP contribution < -0.4 is 0 Å². The van der Waals surface area contributed by atoms with Crippen molar-refractivity contribution in [2.75, 3.05) is 6.61 Å². The van der Waals surface area contributed by atoms with Crippen molar-refractivity contribution in [2.24, 2.45) is 0 Å². The fourth-order valence-electron chi connectivity index (χ4n) is 6.11. The number of esters is 1. The average molecular weight is 755 g/mol. The minimum atomic E-state index is -1.77. The largest absolute Gasteiger partial charge is 0.508 e. The van der Waals surface area contributed by atoms with Gasteiger partial charge in [-0.25, -0.2) is 4.79 Å². The summed E-state index contributed by atoms with van der Waals surface area (Å²) in [4.78, 5) is 13.0. The molecule has 3 saturated heterocycles. The normalized spacial score (nSPS) is 38.9. The van der Waals surface area contributed by atoms with Gasteiger partial charge in [0.1, 0.15) is 60.7 Å². The second-order valence-corrected chi connectivity index (χ2v) is 14.1. The van der Waals surface area contributed by atoms with E-state index in [0.29, 0.717) is 18.4 Å². The van der Waals surface area contributed by atoms with E-state index in [1.165, 1.54) is 32.1 Å². The highest BCUT2D eigenvalue weighted by Gasteiger charge is 2.52. The Kier molecular flexibility index (Phi) is 15.1. The SMILES string of the molecule is C=C[C@](C)(CCC=C(C)C)O[C@@H]1O[C@H](CO[C@@H]2O[C@@H](C)[C@H](OC(=O)/C=C\c3ccc(O)cc3)[C@@H](O[C@@H]3O[C@@H](C)[C@H](O)[C@@H](O)[C@H]3O)[C@H]2O)[C@@H](O)[C@H](O)[C@H]1O. The Morgan fingerprint density at radius 1 is 0.811 bits per heavy atom. The fraction of sp³-hybridized carbons (Fsp3) is 0.649. The van der Waals surface area contributed by atoms with Crippen molar-refractivity contribution in [3.8, 4) is 5.75 Å². The number of aliphatic hydroxyl groups is 7. The number of carbonyl (C=O) groups excluding carboxylic acids is 1. The van der Waals surface area contributed by atoms with E-state index >= 15 is 0 Å². The summed E-state index contributed by atoms with van der Waals surface area (Å²) in [6.45, 7) is 11.9. The van der Waals surface area contributed by atoms with Crippen molar-refractivity contribution in [3.63, 3.8) is 0 Å². The predicted octanol–water partition coefficient (Wildman–Crippen LogP) is 0.168. The molecule has 0 spiro atoms. The Hall–Kier alpha value is -2.81. The highest BCUT2D eigenvalue weighted by molar-refractivity contribution is 5.87. The van der Waals surface area contributed by atoms with Crippen LogP contribution in [-0.2, 0) is 38.0 Å². The summed E-state index contributed by atoms with van der Waals surface area (Å²) in [5, 5.41) is 84.5. The van der Waals surface area contributed by atoms with Crippen molar-refractivity contribution in [2.45, 2.75) is 145 Å². The zero-order valence-corrected chi connectivity index (χ0v) is 30.5. The van der Waals surface area contributed by atoms with Crippen LogP contribution in [0.25, 0.3) is 6.08 Å². The Labute approximate surface area is 308 Å². The van der Waals surface area contributed by atoms with E-state index in [1.54, 1.807) is 25.1 Å². The lowest BCUT2D eigenvalue weighted by atomic mass is 9.96. The molecule has 0 amide bonds. The van der Waals surface area contributed by atoms with Gasteiger partial charge in [0, 0.05) is 6.08 Å². The van der Waals surface area contributed by atoms with Crippen LogP contribution in [0.1, 0.15) is 53.0 Å². The van der Waals surface area contributed by atoms with Crippen LogP contribution in [0, 0.1) is 0 Å². The molecule has 3 aliphatic rings. The highest BCUT2D eigenvalue weighted by atomic mass is 16.8. The number of hydrogen-bond donors (Lipinski definition) is 8. The van der Waals surface area contributed by atoms with Crippen LogP contribution >= 0.6 is 0 Å². The number of phenolic OH excluding ortho intramolecular Hbond substituents is 1. The molecule has 0 aromatic heterocycles. The summed E-state index contributed by atoms with van der Waals surface area (Å²) >= 11 is 0. The van der Waals surface area contributed by atoms with E-state index in [2.05, 4.69) is 6.58 Å². The van der Waals surface area contributed by atoms with Gasteiger partial charge in [0.15, 0.2) is 25.0 Å². The van der Waals surface area contributed by atoms with Gasteiger partial charge in [-0.3, -0.25) is 0 Å². The molecule has 0 bridgehead atoms. The molecule has 298 valence electrons. The Balaban J connectivity index is 1.50. The van der Waals surface area contributed by atoms with Crippen molar-refractivity contribution >= 4 is 12.0 Å². The van der Waals surface area contributed by atoms with Crippen molar-refractivity contribution in [1.82, 2.24) is 0 Å². The first-order valence-corrected chi connectivity index (χ1v) is 17.6. The molecule has 1 aromatic carbocycles. The van der Waals surface area contributed by atoms with Gasteiger partial charge in [-0.1, -0.05) is 29.9 Å². The quantitative estimate of drug-likeness (QED) is 0.0717. The number of allylic oxidation sites excluding steroid dienone is 2. The van der Waals surface area contributed by atoms with Crippen LogP contribution in [-0.4, -0.2) is 151 Å². The molecule has 1 aromatic rings. The van der Waals surface area contributed by atoms with Crippen LogP contribution in [0.5, 0.6) is 5.75 Å². The number of ether oxygens (including phenoxy) is 7. The van der Waals surface area contributed by atoms with Crippen LogP contribution in [0.2, 0.25) is 0 Å². The first-order valence-electron chi connectivity index (χ1n) is 17.6. The second-order valence-electron chi connectivity index (χ2n) is 14.1. The van der Waals surface area contributed by atoms with E-state index in [4.69, 9.17) is 33.2 Å². The highest BCUT2D eigenvalue weighted by Crippen LogP contribution is 2.33. The standard InChI is InChI=1S/C37H54O16/c1-7-37(6,16-8-9-18(2)3)53-36-30(45)28(43)26(41)23(50-36)17-47-34-31(46)33(52-35-29(44)27(42)25(40)19(4)48-35)32(20(5)49-34)51-24(39)15-12-21-10-13-22(38)14-11-21/h7,9-15,19-20,23,25-36,38,40-46H,1,8,16-17H2,2-6H3/b15-12-/t19-,20-,23+,25-,26+,27+,28-,29+,30+,31+,32-,33-,34+,35-,36-,37+/m0/s1. The summed E-state index contributed by atoms with van der Waals surface area (Å²) in [7, 11) is 0. The minimum absolute atomic E-state index is 0.0376. The monoisotopic (exact) mass is 754 g/mol. The summed E-state index contributed by atoms with van der Waals surface area (Å²) < 4.78 is 40.8. The Bertz CT molecular complexity index is 1400. The maximum Gasteiger partial charge on any atom is 0.331 e. The number of carbonyl (C=O) groups is 1. The Morgan fingerprint density at radius 2 is 1.43 bits per heavy atom. The van der Waals surface area contributed by atoms with Gasteiger partial charge in [0.25, 0.3) is 0 Å². The molecule has 3 heterocycles. The molecule has 53 heavy (non-hydrogen) atoms. The number of hydrogen-bond acceptors (Lipinski definition) is 16. The van der Waals surface area contributed by atoms with Crippen molar-refractivity contribution < 1.29 is 78.8 Å². The zero-order chi connectivity index (χ0) is 39.2. The number of rotatable bonds is 14. The molecule has 8 N–H and O–H groups in total. The molecule has 0 aliphatic carbocycles. The van der Waals surface area contributed by atoms with Crippen LogP contribution in [0.3, 0.4) is 0 Å². The maximum absolute atomic E-state index is 13.0. The molecule has 3 aliphatic heterocycles. The van der Waals surface area contributed by atoms with Gasteiger partial charge in [-0.05, 0) is 71.2 Å². The van der Waals surface area contributed by atoms with E-state index in [-0.39, 0.29) is 5.75 Å². The van der Waals surface area contributed by atoms with Gasteiger partial charge in [0.05, 0.1) is 24.4 Å². The van der Waals surface area contributed by atoms with Gasteiger partial charge in [-0.15, -0.1) is 6.58 Å². The lowest BCUT2D eigenvalue weighted by Gasteiger charge is -2.47. The van der Waals surface area contributed by atoms with E-state index in [0.717, 1.165) is 11.6 Å². The molecule has 3 fully saturated rings. The second kappa shape index (κ2) is 18.7. The molecule has 16 atom stereocenters. The third-order valence-corrected chi connectivity index (χ3v) is 9.51. The first-order chi connectivity index (χ1) is 24.9.